The lowest BCUT2D eigenvalue weighted by molar-refractivity contribution is -0.111. The highest BCUT2D eigenvalue weighted by Gasteiger charge is 2.02. The number of carbonyl (C=O) groups excluding carboxylic acids is 2. The zero-order valence-electron chi connectivity index (χ0n) is 14.0. The van der Waals surface area contributed by atoms with Gasteiger partial charge in [0.15, 0.2) is 5.78 Å². The van der Waals surface area contributed by atoms with E-state index < -0.39 is 0 Å². The maximum absolute atomic E-state index is 12.0. The zero-order chi connectivity index (χ0) is 18.2. The van der Waals surface area contributed by atoms with Gasteiger partial charge in [-0.1, -0.05) is 54.6 Å². The molecule has 0 unspecified atom stereocenters. The fourth-order valence-electron chi connectivity index (χ4n) is 2.27. The first-order valence-electron chi connectivity index (χ1n) is 8.11. The Kier molecular flexibility index (Phi) is 5.91. The first kappa shape index (κ1) is 17.6. The van der Waals surface area contributed by atoms with Crippen molar-refractivity contribution >= 4 is 40.9 Å². The molecule has 0 saturated carbocycles. The Morgan fingerprint density at radius 1 is 0.769 bits per heavy atom. The number of benzene rings is 2. The molecular weight excluding hydrogens is 342 g/mol. The second kappa shape index (κ2) is 8.74. The number of allylic oxidation sites excluding steroid dienone is 1. The van der Waals surface area contributed by atoms with E-state index in [-0.39, 0.29) is 11.7 Å². The summed E-state index contributed by atoms with van der Waals surface area (Å²) in [6.07, 6.45) is 6.59. The van der Waals surface area contributed by atoms with Crippen LogP contribution in [0.3, 0.4) is 0 Å². The summed E-state index contributed by atoms with van der Waals surface area (Å²) in [7, 11) is 0. The van der Waals surface area contributed by atoms with Gasteiger partial charge in [-0.2, -0.15) is 0 Å². The predicted octanol–water partition coefficient (Wildman–Crippen LogP) is 5.30. The second-order valence-corrected chi connectivity index (χ2v) is 6.48. The van der Waals surface area contributed by atoms with Crippen molar-refractivity contribution < 1.29 is 9.59 Å². The van der Waals surface area contributed by atoms with E-state index in [9.17, 15) is 9.59 Å². The van der Waals surface area contributed by atoms with E-state index in [1.165, 1.54) is 17.4 Å². The van der Waals surface area contributed by atoms with Crippen molar-refractivity contribution in [1.29, 1.82) is 0 Å². The van der Waals surface area contributed by atoms with Gasteiger partial charge in [0.2, 0.25) is 5.91 Å². The van der Waals surface area contributed by atoms with E-state index in [4.69, 9.17) is 0 Å². The summed E-state index contributed by atoms with van der Waals surface area (Å²) < 4.78 is 0. The average Bonchev–Trinajstić information content (AvgIpc) is 3.21. The highest BCUT2D eigenvalue weighted by atomic mass is 32.1. The van der Waals surface area contributed by atoms with Crippen LogP contribution in [0, 0.1) is 0 Å². The molecule has 26 heavy (non-hydrogen) atoms. The largest absolute Gasteiger partial charge is 0.323 e. The Bertz CT molecular complexity index is 924. The summed E-state index contributed by atoms with van der Waals surface area (Å²) >= 11 is 1.42. The molecule has 0 bridgehead atoms. The first-order chi connectivity index (χ1) is 12.7. The summed E-state index contributed by atoms with van der Waals surface area (Å²) in [6.45, 7) is 0. The van der Waals surface area contributed by atoms with Gasteiger partial charge < -0.3 is 5.32 Å². The van der Waals surface area contributed by atoms with E-state index in [1.54, 1.807) is 24.3 Å². The molecular formula is C22H17NO2S. The van der Waals surface area contributed by atoms with Gasteiger partial charge in [0.1, 0.15) is 0 Å². The molecule has 0 fully saturated rings. The number of anilines is 1. The number of nitrogens with one attached hydrogen (secondary N) is 1. The van der Waals surface area contributed by atoms with Crippen LogP contribution >= 0.6 is 11.3 Å². The van der Waals surface area contributed by atoms with Crippen LogP contribution in [0.2, 0.25) is 0 Å². The molecule has 3 nitrogen and oxygen atoms in total. The molecule has 3 rings (SSSR count). The fraction of sp³-hybridized carbons (Fsp3) is 0. The SMILES string of the molecule is O=C(/C=C/c1ccccc1)Nc1ccc(/C=C/C(=O)c2cccs2)cc1. The Labute approximate surface area is 156 Å². The zero-order valence-corrected chi connectivity index (χ0v) is 14.8. The van der Waals surface area contributed by atoms with E-state index in [2.05, 4.69) is 5.32 Å². The van der Waals surface area contributed by atoms with Gasteiger partial charge in [-0.15, -0.1) is 11.3 Å². The third kappa shape index (κ3) is 5.13. The topological polar surface area (TPSA) is 46.2 Å². The van der Waals surface area contributed by atoms with Crippen molar-refractivity contribution in [2.45, 2.75) is 0 Å². The molecule has 1 heterocycles. The summed E-state index contributed by atoms with van der Waals surface area (Å²) in [4.78, 5) is 24.6. The molecule has 128 valence electrons. The standard InChI is InChI=1S/C22H17NO2S/c24-20(21-7-4-16-26-21)14-10-18-8-12-19(13-9-18)23-22(25)15-11-17-5-2-1-3-6-17/h1-16H,(H,23,25)/b14-10+,15-11+. The van der Waals surface area contributed by atoms with Gasteiger partial charge in [-0.05, 0) is 46.9 Å². The van der Waals surface area contributed by atoms with E-state index in [0.29, 0.717) is 5.69 Å². The number of hydrogen-bond acceptors (Lipinski definition) is 3. The quantitative estimate of drug-likeness (QED) is 0.480. The molecule has 1 N–H and O–H groups in total. The highest BCUT2D eigenvalue weighted by Crippen LogP contribution is 2.14. The monoisotopic (exact) mass is 359 g/mol. The minimum absolute atomic E-state index is 0.0107. The molecule has 0 aliphatic carbocycles. The summed E-state index contributed by atoms with van der Waals surface area (Å²) in [6, 6.07) is 20.6. The van der Waals surface area contributed by atoms with Crippen molar-refractivity contribution in [2.75, 3.05) is 5.32 Å². The van der Waals surface area contributed by atoms with Crippen molar-refractivity contribution in [3.8, 4) is 0 Å². The summed E-state index contributed by atoms with van der Waals surface area (Å²) in [5.41, 5.74) is 2.57. The summed E-state index contributed by atoms with van der Waals surface area (Å²) in [5, 5.41) is 4.69. The van der Waals surface area contributed by atoms with Crippen LogP contribution in [-0.2, 0) is 4.79 Å². The number of ketones is 1. The highest BCUT2D eigenvalue weighted by molar-refractivity contribution is 7.12. The van der Waals surface area contributed by atoms with Gasteiger partial charge in [0.05, 0.1) is 4.88 Å². The Hall–Kier alpha value is -3.24. The van der Waals surface area contributed by atoms with Crippen LogP contribution in [-0.4, -0.2) is 11.7 Å². The number of carbonyl (C=O) groups is 2. The van der Waals surface area contributed by atoms with Crippen LogP contribution in [0.1, 0.15) is 20.8 Å². The average molecular weight is 359 g/mol. The lowest BCUT2D eigenvalue weighted by Crippen LogP contribution is -2.07. The molecule has 0 saturated heterocycles. The third-order valence-corrected chi connectivity index (χ3v) is 4.48. The number of thiophene rings is 1. The third-order valence-electron chi connectivity index (χ3n) is 3.60. The van der Waals surface area contributed by atoms with Crippen molar-refractivity contribution in [3.05, 3.63) is 100 Å². The maximum atomic E-state index is 12.0. The van der Waals surface area contributed by atoms with Gasteiger partial charge >= 0.3 is 0 Å². The molecule has 1 amide bonds. The molecule has 3 aromatic rings. The molecule has 4 heteroatoms. The molecule has 0 spiro atoms. The van der Waals surface area contributed by atoms with Crippen LogP contribution in [0.15, 0.2) is 84.3 Å². The lowest BCUT2D eigenvalue weighted by Gasteiger charge is -2.02. The normalized spacial score (nSPS) is 11.1. The van der Waals surface area contributed by atoms with Crippen LogP contribution in [0.25, 0.3) is 12.2 Å². The molecule has 2 aromatic carbocycles. The lowest BCUT2D eigenvalue weighted by atomic mass is 10.1. The smallest absolute Gasteiger partial charge is 0.248 e. The second-order valence-electron chi connectivity index (χ2n) is 5.53. The van der Waals surface area contributed by atoms with E-state index in [0.717, 1.165) is 16.0 Å². The minimum atomic E-state index is -0.190. The molecule has 0 aliphatic heterocycles. The number of hydrogen-bond donors (Lipinski definition) is 1. The van der Waals surface area contributed by atoms with Gasteiger partial charge in [0.25, 0.3) is 0 Å². The van der Waals surface area contributed by atoms with Crippen LogP contribution in [0.5, 0.6) is 0 Å². The molecule has 0 radical (unpaired) electrons. The molecule has 1 aromatic heterocycles. The Balaban J connectivity index is 1.56. The summed E-state index contributed by atoms with van der Waals surface area (Å²) in [5.74, 6) is -0.201. The predicted molar refractivity (Wildman–Crippen MR) is 108 cm³/mol. The van der Waals surface area contributed by atoms with E-state index >= 15 is 0 Å². The maximum Gasteiger partial charge on any atom is 0.248 e. The molecule has 0 aliphatic rings. The van der Waals surface area contributed by atoms with Crippen molar-refractivity contribution in [2.24, 2.45) is 0 Å². The Morgan fingerprint density at radius 3 is 2.15 bits per heavy atom. The number of amides is 1. The Morgan fingerprint density at radius 2 is 1.46 bits per heavy atom. The number of rotatable bonds is 6. The van der Waals surface area contributed by atoms with Gasteiger partial charge in [-0.3, -0.25) is 9.59 Å². The van der Waals surface area contributed by atoms with E-state index in [1.807, 2.05) is 66.0 Å². The fourth-order valence-corrected chi connectivity index (χ4v) is 2.92. The molecule has 0 atom stereocenters. The van der Waals surface area contributed by atoms with Gasteiger partial charge in [0, 0.05) is 11.8 Å². The van der Waals surface area contributed by atoms with Crippen molar-refractivity contribution in [1.82, 2.24) is 0 Å². The van der Waals surface area contributed by atoms with Gasteiger partial charge in [-0.25, -0.2) is 0 Å². The van der Waals surface area contributed by atoms with Crippen LogP contribution in [0.4, 0.5) is 5.69 Å². The minimum Gasteiger partial charge on any atom is -0.323 e. The first-order valence-corrected chi connectivity index (χ1v) is 8.99. The van der Waals surface area contributed by atoms with Crippen LogP contribution < -0.4 is 5.32 Å². The van der Waals surface area contributed by atoms with Crippen molar-refractivity contribution in [3.63, 3.8) is 0 Å².